The van der Waals surface area contributed by atoms with Crippen molar-refractivity contribution in [2.45, 2.75) is 71.4 Å². The second kappa shape index (κ2) is 8.82. The van der Waals surface area contributed by atoms with E-state index in [-0.39, 0.29) is 17.9 Å². The lowest BCUT2D eigenvalue weighted by Gasteiger charge is -2.24. The Hall–Kier alpha value is -1.26. The predicted octanol–water partition coefficient (Wildman–Crippen LogP) is 2.60. The smallest absolute Gasteiger partial charge is 0.407 e. The molecule has 0 bridgehead atoms. The summed E-state index contributed by atoms with van der Waals surface area (Å²) < 4.78 is 4.85. The second-order valence-corrected chi connectivity index (χ2v) is 5.78. The summed E-state index contributed by atoms with van der Waals surface area (Å²) in [6, 6.07) is -0.285. The van der Waals surface area contributed by atoms with Gasteiger partial charge in [-0.1, -0.05) is 39.5 Å². The van der Waals surface area contributed by atoms with Crippen LogP contribution in [0.2, 0.25) is 0 Å². The first-order valence-electron chi connectivity index (χ1n) is 7.78. The summed E-state index contributed by atoms with van der Waals surface area (Å²) in [6.45, 7) is 5.89. The first-order valence-corrected chi connectivity index (χ1v) is 7.78. The van der Waals surface area contributed by atoms with E-state index >= 15 is 0 Å². The average molecular weight is 284 g/mol. The zero-order valence-corrected chi connectivity index (χ0v) is 12.9. The molecule has 5 heteroatoms. The fourth-order valence-corrected chi connectivity index (χ4v) is 2.55. The molecular formula is C15H28N2O3. The molecule has 20 heavy (non-hydrogen) atoms. The summed E-state index contributed by atoms with van der Waals surface area (Å²) in [5.41, 5.74) is 0. The maximum atomic E-state index is 12.3. The van der Waals surface area contributed by atoms with Crippen LogP contribution in [0.1, 0.15) is 59.3 Å². The molecular weight excluding hydrogens is 256 g/mol. The van der Waals surface area contributed by atoms with Crippen molar-refractivity contribution in [2.24, 2.45) is 5.92 Å². The van der Waals surface area contributed by atoms with Crippen LogP contribution in [0.15, 0.2) is 0 Å². The number of amides is 2. The highest BCUT2D eigenvalue weighted by Gasteiger charge is 2.26. The SMILES string of the molecule is CCOC(=O)N[C@@H](C(=O)NC1CCCCCC1)C(C)C. The standard InChI is InChI=1S/C15H28N2O3/c1-4-20-15(19)17-13(11(2)3)14(18)16-12-9-7-5-6-8-10-12/h11-13H,4-10H2,1-3H3,(H,16,18)(H,17,19)/t13-/m1/s1. The number of nitrogens with one attached hydrogen (secondary N) is 2. The molecule has 0 heterocycles. The van der Waals surface area contributed by atoms with Gasteiger partial charge in [0.1, 0.15) is 6.04 Å². The Kier molecular flexibility index (Phi) is 7.41. The molecule has 1 aliphatic rings. The molecule has 0 saturated heterocycles. The molecule has 0 aliphatic heterocycles. The zero-order valence-electron chi connectivity index (χ0n) is 12.9. The van der Waals surface area contributed by atoms with Gasteiger partial charge in [-0.2, -0.15) is 0 Å². The topological polar surface area (TPSA) is 67.4 Å². The summed E-state index contributed by atoms with van der Waals surface area (Å²) in [7, 11) is 0. The van der Waals surface area contributed by atoms with E-state index in [0.29, 0.717) is 6.61 Å². The molecule has 2 amide bonds. The van der Waals surface area contributed by atoms with Crippen molar-refractivity contribution in [3.63, 3.8) is 0 Å². The molecule has 0 unspecified atom stereocenters. The number of hydrogen-bond acceptors (Lipinski definition) is 3. The Morgan fingerprint density at radius 1 is 1.15 bits per heavy atom. The summed E-state index contributed by atoms with van der Waals surface area (Å²) in [5.74, 6) is -0.0647. The van der Waals surface area contributed by atoms with E-state index in [0.717, 1.165) is 12.8 Å². The number of carbonyl (C=O) groups excluding carboxylic acids is 2. The molecule has 0 aromatic heterocycles. The van der Waals surface area contributed by atoms with Crippen LogP contribution in [0.5, 0.6) is 0 Å². The minimum atomic E-state index is -0.530. The highest BCUT2D eigenvalue weighted by atomic mass is 16.5. The van der Waals surface area contributed by atoms with Crippen LogP contribution in [-0.2, 0) is 9.53 Å². The van der Waals surface area contributed by atoms with Gasteiger partial charge in [-0.15, -0.1) is 0 Å². The molecule has 0 aromatic rings. The normalized spacial score (nSPS) is 18.2. The van der Waals surface area contributed by atoms with Gasteiger partial charge in [-0.25, -0.2) is 4.79 Å². The minimum absolute atomic E-state index is 0.0326. The molecule has 1 fully saturated rings. The first-order chi connectivity index (χ1) is 9.54. The molecule has 1 saturated carbocycles. The molecule has 1 atom stereocenters. The van der Waals surface area contributed by atoms with Crippen molar-refractivity contribution in [1.82, 2.24) is 10.6 Å². The van der Waals surface area contributed by atoms with Crippen molar-refractivity contribution < 1.29 is 14.3 Å². The van der Waals surface area contributed by atoms with E-state index < -0.39 is 12.1 Å². The fraction of sp³-hybridized carbons (Fsp3) is 0.867. The van der Waals surface area contributed by atoms with Gasteiger partial charge in [-0.05, 0) is 25.7 Å². The van der Waals surface area contributed by atoms with Crippen molar-refractivity contribution in [2.75, 3.05) is 6.61 Å². The molecule has 0 aromatic carbocycles. The third-order valence-electron chi connectivity index (χ3n) is 3.70. The monoisotopic (exact) mass is 284 g/mol. The van der Waals surface area contributed by atoms with Crippen LogP contribution in [0, 0.1) is 5.92 Å². The second-order valence-electron chi connectivity index (χ2n) is 5.78. The molecule has 116 valence electrons. The van der Waals surface area contributed by atoms with Gasteiger partial charge >= 0.3 is 6.09 Å². The van der Waals surface area contributed by atoms with Crippen LogP contribution >= 0.6 is 0 Å². The summed E-state index contributed by atoms with van der Waals surface area (Å²) in [5, 5.41) is 5.73. The molecule has 2 N–H and O–H groups in total. The number of carbonyl (C=O) groups is 2. The molecule has 0 radical (unpaired) electrons. The number of ether oxygens (including phenoxy) is 1. The average Bonchev–Trinajstić information content (AvgIpc) is 2.64. The Labute approximate surface area is 121 Å². The van der Waals surface area contributed by atoms with E-state index in [4.69, 9.17) is 4.74 Å². The molecule has 1 rings (SSSR count). The number of hydrogen-bond donors (Lipinski definition) is 2. The number of alkyl carbamates (subject to hydrolysis) is 1. The largest absolute Gasteiger partial charge is 0.450 e. The van der Waals surface area contributed by atoms with Crippen molar-refractivity contribution in [3.05, 3.63) is 0 Å². The molecule has 1 aliphatic carbocycles. The molecule has 0 spiro atoms. The van der Waals surface area contributed by atoms with E-state index in [2.05, 4.69) is 10.6 Å². The van der Waals surface area contributed by atoms with Gasteiger partial charge in [-0.3, -0.25) is 4.79 Å². The van der Waals surface area contributed by atoms with Crippen molar-refractivity contribution in [3.8, 4) is 0 Å². The Bertz CT molecular complexity index is 310. The van der Waals surface area contributed by atoms with Gasteiger partial charge in [0, 0.05) is 6.04 Å². The third-order valence-corrected chi connectivity index (χ3v) is 3.70. The van der Waals surface area contributed by atoms with Crippen LogP contribution in [0.25, 0.3) is 0 Å². The lowest BCUT2D eigenvalue weighted by molar-refractivity contribution is -0.124. The van der Waals surface area contributed by atoms with E-state index in [1.165, 1.54) is 25.7 Å². The number of rotatable bonds is 5. The summed E-state index contributed by atoms with van der Waals surface area (Å²) in [4.78, 5) is 23.8. The Morgan fingerprint density at radius 2 is 1.75 bits per heavy atom. The van der Waals surface area contributed by atoms with E-state index in [9.17, 15) is 9.59 Å². The fourth-order valence-electron chi connectivity index (χ4n) is 2.55. The van der Waals surface area contributed by atoms with Crippen LogP contribution in [0.3, 0.4) is 0 Å². The Balaban J connectivity index is 2.52. The lowest BCUT2D eigenvalue weighted by Crippen LogP contribution is -2.52. The van der Waals surface area contributed by atoms with Gasteiger partial charge in [0.15, 0.2) is 0 Å². The maximum Gasteiger partial charge on any atom is 0.407 e. The quantitative estimate of drug-likeness (QED) is 0.763. The maximum absolute atomic E-state index is 12.3. The summed E-state index contributed by atoms with van der Waals surface area (Å²) >= 11 is 0. The highest BCUT2D eigenvalue weighted by Crippen LogP contribution is 2.17. The lowest BCUT2D eigenvalue weighted by atomic mass is 10.0. The van der Waals surface area contributed by atoms with E-state index in [1.54, 1.807) is 6.92 Å². The van der Waals surface area contributed by atoms with Crippen LogP contribution < -0.4 is 10.6 Å². The third kappa shape index (κ3) is 5.80. The van der Waals surface area contributed by atoms with Crippen molar-refractivity contribution in [1.29, 1.82) is 0 Å². The Morgan fingerprint density at radius 3 is 2.25 bits per heavy atom. The zero-order chi connectivity index (χ0) is 15.0. The summed E-state index contributed by atoms with van der Waals surface area (Å²) in [6.07, 6.45) is 6.39. The minimum Gasteiger partial charge on any atom is -0.450 e. The van der Waals surface area contributed by atoms with Crippen molar-refractivity contribution >= 4 is 12.0 Å². The highest BCUT2D eigenvalue weighted by molar-refractivity contribution is 5.86. The molecule has 5 nitrogen and oxygen atoms in total. The van der Waals surface area contributed by atoms with Gasteiger partial charge < -0.3 is 15.4 Å². The van der Waals surface area contributed by atoms with Gasteiger partial charge in [0.05, 0.1) is 6.61 Å². The first kappa shape index (κ1) is 16.8. The van der Waals surface area contributed by atoms with Gasteiger partial charge in [0.2, 0.25) is 5.91 Å². The predicted molar refractivity (Wildman–Crippen MR) is 78.4 cm³/mol. The van der Waals surface area contributed by atoms with Gasteiger partial charge in [0.25, 0.3) is 0 Å². The van der Waals surface area contributed by atoms with E-state index in [1.807, 2.05) is 13.8 Å². The van der Waals surface area contributed by atoms with Crippen LogP contribution in [-0.4, -0.2) is 30.7 Å². The van der Waals surface area contributed by atoms with Crippen LogP contribution in [0.4, 0.5) is 4.79 Å².